The maximum Gasteiger partial charge on any atom is 0.410 e. The first-order valence-corrected chi connectivity index (χ1v) is 11.2. The van der Waals surface area contributed by atoms with Gasteiger partial charge in [0, 0.05) is 18.5 Å². The second-order valence-electron chi connectivity index (χ2n) is 8.09. The lowest BCUT2D eigenvalue weighted by molar-refractivity contribution is -0.191. The van der Waals surface area contributed by atoms with Crippen molar-refractivity contribution < 1.29 is 22.7 Å². The summed E-state index contributed by atoms with van der Waals surface area (Å²) in [5.41, 5.74) is 2.44. The minimum Gasteiger partial charge on any atom is -0.493 e. The summed E-state index contributed by atoms with van der Waals surface area (Å²) in [5.74, 6) is -0.173. The lowest BCUT2D eigenvalue weighted by atomic mass is 9.96. The van der Waals surface area contributed by atoms with Gasteiger partial charge < -0.3 is 4.74 Å². The van der Waals surface area contributed by atoms with Gasteiger partial charge in [-0.15, -0.1) is 0 Å². The zero-order chi connectivity index (χ0) is 22.3. The highest BCUT2D eigenvalue weighted by Crippen LogP contribution is 2.45. The van der Waals surface area contributed by atoms with E-state index in [0.29, 0.717) is 17.4 Å². The van der Waals surface area contributed by atoms with Crippen LogP contribution in [0.15, 0.2) is 36.4 Å². The Morgan fingerprint density at radius 2 is 1.74 bits per heavy atom. The third kappa shape index (κ3) is 6.12. The molecule has 0 bridgehead atoms. The van der Waals surface area contributed by atoms with E-state index in [2.05, 4.69) is 12.3 Å². The van der Waals surface area contributed by atoms with Crippen molar-refractivity contribution in [2.24, 2.45) is 0 Å². The van der Waals surface area contributed by atoms with E-state index in [0.717, 1.165) is 24.3 Å². The van der Waals surface area contributed by atoms with Crippen LogP contribution >= 0.6 is 0 Å². The van der Waals surface area contributed by atoms with E-state index in [1.165, 1.54) is 25.7 Å². The van der Waals surface area contributed by atoms with Crippen molar-refractivity contribution in [2.45, 2.75) is 70.5 Å². The Balaban J connectivity index is 1.81. The van der Waals surface area contributed by atoms with Crippen LogP contribution < -0.4 is 10.2 Å². The van der Waals surface area contributed by atoms with Gasteiger partial charge in [0.05, 0.1) is 6.61 Å². The van der Waals surface area contributed by atoms with Crippen LogP contribution in [0.4, 0.5) is 13.2 Å². The molecule has 0 saturated carbocycles. The van der Waals surface area contributed by atoms with Gasteiger partial charge in [-0.25, -0.2) is 5.01 Å². The number of fused-ring (bicyclic) bond motifs is 1. The molecule has 2 aromatic carbocycles. The molecule has 0 aromatic heterocycles. The molecule has 170 valence electrons. The van der Waals surface area contributed by atoms with Gasteiger partial charge in [-0.05, 0) is 23.3 Å². The molecule has 1 atom stereocenters. The molecular formula is C24H31F3N2O2. The number of carbonyl (C=O) groups is 1. The molecule has 0 spiro atoms. The molecule has 31 heavy (non-hydrogen) atoms. The number of nitrogens with zero attached hydrogens (tertiary/aromatic N) is 1. The maximum absolute atomic E-state index is 14.2. The highest BCUT2D eigenvalue weighted by atomic mass is 19.4. The Kier molecular flexibility index (Phi) is 8.18. The van der Waals surface area contributed by atoms with Crippen LogP contribution in [0, 0.1) is 0 Å². The molecule has 1 fully saturated rings. The van der Waals surface area contributed by atoms with Crippen LogP contribution in [0.3, 0.4) is 0 Å². The Bertz CT molecular complexity index is 870. The summed E-state index contributed by atoms with van der Waals surface area (Å²) >= 11 is 0. The average molecular weight is 437 g/mol. The fourth-order valence-electron chi connectivity index (χ4n) is 4.11. The van der Waals surface area contributed by atoms with Crippen molar-refractivity contribution in [3.8, 4) is 5.75 Å². The number of carbonyl (C=O) groups excluding carboxylic acids is 1. The zero-order valence-corrected chi connectivity index (χ0v) is 18.0. The molecule has 1 aliphatic heterocycles. The number of halogens is 3. The summed E-state index contributed by atoms with van der Waals surface area (Å²) in [5, 5.41) is 2.19. The molecule has 0 aliphatic carbocycles. The number of hydrogen-bond acceptors (Lipinski definition) is 3. The monoisotopic (exact) mass is 436 g/mol. The van der Waals surface area contributed by atoms with E-state index in [4.69, 9.17) is 4.74 Å². The van der Waals surface area contributed by atoms with Gasteiger partial charge in [0.2, 0.25) is 5.91 Å². The van der Waals surface area contributed by atoms with Crippen molar-refractivity contribution in [1.29, 1.82) is 0 Å². The van der Waals surface area contributed by atoms with E-state index in [-0.39, 0.29) is 24.3 Å². The summed E-state index contributed by atoms with van der Waals surface area (Å²) < 4.78 is 48.6. The number of hydrazine groups is 1. The summed E-state index contributed by atoms with van der Waals surface area (Å²) in [6.45, 7) is 2.55. The largest absolute Gasteiger partial charge is 0.493 e. The van der Waals surface area contributed by atoms with E-state index in [9.17, 15) is 18.0 Å². The molecule has 1 N–H and O–H groups in total. The van der Waals surface area contributed by atoms with Crippen molar-refractivity contribution in [3.05, 3.63) is 42.0 Å². The maximum atomic E-state index is 14.2. The van der Waals surface area contributed by atoms with Gasteiger partial charge >= 0.3 is 6.18 Å². The lowest BCUT2D eigenvalue weighted by Gasteiger charge is -2.31. The highest BCUT2D eigenvalue weighted by Gasteiger charge is 2.48. The normalized spacial score (nSPS) is 15.9. The standard InChI is InChI=1S/C24H31F3N2O2/c1-2-3-4-5-6-7-10-17-31-20-14-13-18-11-8-9-12-19(18)22(20)23(24(25,26)27)29-16-15-21(30)28-29/h8-9,11-14,23H,2-7,10,15-17H2,1H3,(H,28,30). The fourth-order valence-corrected chi connectivity index (χ4v) is 4.11. The van der Waals surface area contributed by atoms with Gasteiger partial charge in [0.15, 0.2) is 6.04 Å². The van der Waals surface area contributed by atoms with Gasteiger partial charge in [0.1, 0.15) is 5.75 Å². The predicted molar refractivity (Wildman–Crippen MR) is 116 cm³/mol. The number of alkyl halides is 3. The Morgan fingerprint density at radius 3 is 2.42 bits per heavy atom. The summed E-state index contributed by atoms with van der Waals surface area (Å²) in [4.78, 5) is 11.7. The molecule has 4 nitrogen and oxygen atoms in total. The third-order valence-electron chi connectivity index (χ3n) is 5.68. The quantitative estimate of drug-likeness (QED) is 0.420. The molecule has 0 radical (unpaired) electrons. The van der Waals surface area contributed by atoms with Crippen molar-refractivity contribution in [3.63, 3.8) is 0 Å². The first kappa shape index (κ1) is 23.4. The molecule has 1 aliphatic rings. The summed E-state index contributed by atoms with van der Waals surface area (Å²) in [6, 6.07) is 8.43. The molecule has 1 unspecified atom stereocenters. The topological polar surface area (TPSA) is 41.6 Å². The first-order valence-electron chi connectivity index (χ1n) is 11.2. The minimum absolute atomic E-state index is 0.00340. The molecule has 1 amide bonds. The summed E-state index contributed by atoms with van der Waals surface area (Å²) in [6.07, 6.45) is 3.23. The van der Waals surface area contributed by atoms with E-state index in [1.807, 2.05) is 0 Å². The van der Waals surface area contributed by atoms with Crippen LogP contribution in [0.2, 0.25) is 0 Å². The van der Waals surface area contributed by atoms with Gasteiger partial charge in [-0.1, -0.05) is 75.8 Å². The zero-order valence-electron chi connectivity index (χ0n) is 18.0. The van der Waals surface area contributed by atoms with Crippen LogP contribution in [0.1, 0.15) is 69.9 Å². The molecule has 1 saturated heterocycles. The van der Waals surface area contributed by atoms with Crippen LogP contribution in [-0.2, 0) is 4.79 Å². The Hall–Kier alpha value is -2.28. The van der Waals surface area contributed by atoms with Crippen LogP contribution in [0.25, 0.3) is 10.8 Å². The van der Waals surface area contributed by atoms with Crippen LogP contribution in [0.5, 0.6) is 5.75 Å². The second kappa shape index (κ2) is 10.8. The van der Waals surface area contributed by atoms with Gasteiger partial charge in [-0.3, -0.25) is 10.2 Å². The first-order chi connectivity index (χ1) is 14.9. The third-order valence-corrected chi connectivity index (χ3v) is 5.68. The number of unbranched alkanes of at least 4 members (excludes halogenated alkanes) is 6. The molecular weight excluding hydrogens is 405 g/mol. The number of benzene rings is 2. The van der Waals surface area contributed by atoms with Crippen LogP contribution in [-0.4, -0.2) is 30.2 Å². The molecule has 1 heterocycles. The molecule has 3 rings (SSSR count). The van der Waals surface area contributed by atoms with Crippen molar-refractivity contribution in [2.75, 3.05) is 13.2 Å². The van der Waals surface area contributed by atoms with E-state index < -0.39 is 18.1 Å². The molecule has 2 aromatic rings. The number of amides is 1. The minimum atomic E-state index is -4.57. The summed E-state index contributed by atoms with van der Waals surface area (Å²) in [7, 11) is 0. The fraction of sp³-hybridized carbons (Fsp3) is 0.542. The second-order valence-corrected chi connectivity index (χ2v) is 8.09. The Morgan fingerprint density at radius 1 is 1.03 bits per heavy atom. The number of hydrogen-bond donors (Lipinski definition) is 1. The van der Waals surface area contributed by atoms with Gasteiger partial charge in [-0.2, -0.15) is 13.2 Å². The lowest BCUT2D eigenvalue weighted by Crippen LogP contribution is -2.43. The SMILES string of the molecule is CCCCCCCCCOc1ccc2ccccc2c1C(N1CCC(=O)N1)C(F)(F)F. The van der Waals surface area contributed by atoms with Crippen molar-refractivity contribution in [1.82, 2.24) is 10.4 Å². The van der Waals surface area contributed by atoms with E-state index in [1.54, 1.807) is 36.4 Å². The van der Waals surface area contributed by atoms with Crippen molar-refractivity contribution >= 4 is 16.7 Å². The number of ether oxygens (including phenoxy) is 1. The molecule has 7 heteroatoms. The Labute approximate surface area is 181 Å². The smallest absolute Gasteiger partial charge is 0.410 e. The number of nitrogens with one attached hydrogen (secondary N) is 1. The number of rotatable bonds is 11. The average Bonchev–Trinajstić information content (AvgIpc) is 3.15. The van der Waals surface area contributed by atoms with Gasteiger partial charge in [0.25, 0.3) is 0 Å². The van der Waals surface area contributed by atoms with E-state index >= 15 is 0 Å². The predicted octanol–water partition coefficient (Wildman–Crippen LogP) is 6.31. The highest BCUT2D eigenvalue weighted by molar-refractivity contribution is 5.88.